The van der Waals surface area contributed by atoms with E-state index in [9.17, 15) is 4.79 Å². The van der Waals surface area contributed by atoms with Crippen LogP contribution in [0.1, 0.15) is 38.1 Å². The molecule has 6 nitrogen and oxygen atoms in total. The topological polar surface area (TPSA) is 72.7 Å². The van der Waals surface area contributed by atoms with Gasteiger partial charge in [-0.3, -0.25) is 4.79 Å². The highest BCUT2D eigenvalue weighted by atomic mass is 32.2. The fourth-order valence-corrected chi connectivity index (χ4v) is 6.02. The van der Waals surface area contributed by atoms with Crippen molar-refractivity contribution in [2.45, 2.75) is 48.5 Å². The van der Waals surface area contributed by atoms with Gasteiger partial charge in [0.1, 0.15) is 5.82 Å². The van der Waals surface area contributed by atoms with Gasteiger partial charge >= 0.3 is 0 Å². The number of hydrogen-bond acceptors (Lipinski definition) is 7. The van der Waals surface area contributed by atoms with Gasteiger partial charge in [0.25, 0.3) is 0 Å². The predicted octanol–water partition coefficient (Wildman–Crippen LogP) is 6.05. The van der Waals surface area contributed by atoms with E-state index in [1.807, 2.05) is 36.4 Å². The maximum absolute atomic E-state index is 12.5. The summed E-state index contributed by atoms with van der Waals surface area (Å²) in [4.78, 5) is 17.1. The Labute approximate surface area is 200 Å². The van der Waals surface area contributed by atoms with Crippen molar-refractivity contribution in [3.8, 4) is 0 Å². The summed E-state index contributed by atoms with van der Waals surface area (Å²) in [5, 5.41) is 12.4. The molecule has 0 spiro atoms. The van der Waals surface area contributed by atoms with Crippen LogP contribution >= 0.6 is 34.9 Å². The highest BCUT2D eigenvalue weighted by Gasteiger charge is 2.15. The van der Waals surface area contributed by atoms with E-state index in [-0.39, 0.29) is 11.7 Å². The molecule has 1 N–H and O–H groups in total. The van der Waals surface area contributed by atoms with Crippen molar-refractivity contribution < 1.29 is 4.79 Å². The summed E-state index contributed by atoms with van der Waals surface area (Å²) in [5.74, 6) is 2.24. The molecule has 0 aliphatic carbocycles. The number of carbonyl (C=O) groups is 1. The molecule has 9 heteroatoms. The van der Waals surface area contributed by atoms with E-state index in [2.05, 4.69) is 58.0 Å². The Kier molecular flexibility index (Phi) is 7.49. The van der Waals surface area contributed by atoms with Crippen molar-refractivity contribution in [2.24, 2.45) is 0 Å². The highest BCUT2D eigenvalue weighted by molar-refractivity contribution is 8.00. The molecule has 0 fully saturated rings. The van der Waals surface area contributed by atoms with E-state index in [1.165, 1.54) is 22.0 Å². The minimum absolute atomic E-state index is 0.0491. The van der Waals surface area contributed by atoms with Gasteiger partial charge in [-0.1, -0.05) is 61.6 Å². The average Bonchev–Trinajstić information content (AvgIpc) is 3.39. The van der Waals surface area contributed by atoms with Crippen LogP contribution in [0.15, 0.2) is 58.0 Å². The van der Waals surface area contributed by atoms with Crippen molar-refractivity contribution in [3.05, 3.63) is 59.9 Å². The highest BCUT2D eigenvalue weighted by Crippen LogP contribution is 2.31. The first kappa shape index (κ1) is 22.8. The summed E-state index contributed by atoms with van der Waals surface area (Å²) in [6.07, 6.45) is 0. The summed E-state index contributed by atoms with van der Waals surface area (Å²) in [6, 6.07) is 16.1. The Morgan fingerprint density at radius 2 is 1.97 bits per heavy atom. The molecular weight excluding hydrogens is 458 g/mol. The molecular formula is C23H25N5OS3. The van der Waals surface area contributed by atoms with Gasteiger partial charge in [0.05, 0.1) is 21.7 Å². The molecule has 0 bridgehead atoms. The number of amides is 1. The molecule has 0 radical (unpaired) electrons. The number of para-hydroxylation sites is 1. The number of thiazole rings is 1. The van der Waals surface area contributed by atoms with Crippen LogP contribution in [0.4, 0.5) is 5.69 Å². The zero-order chi connectivity index (χ0) is 22.5. The average molecular weight is 484 g/mol. The van der Waals surface area contributed by atoms with Crippen LogP contribution in [0.25, 0.3) is 10.2 Å². The smallest absolute Gasteiger partial charge is 0.234 e. The van der Waals surface area contributed by atoms with E-state index < -0.39 is 0 Å². The van der Waals surface area contributed by atoms with Gasteiger partial charge in [0.15, 0.2) is 9.50 Å². The molecule has 4 aromatic rings. The number of benzene rings is 2. The van der Waals surface area contributed by atoms with Gasteiger partial charge in [-0.2, -0.15) is 0 Å². The minimum Gasteiger partial charge on any atom is -0.325 e. The summed E-state index contributed by atoms with van der Waals surface area (Å²) >= 11 is 4.77. The predicted molar refractivity (Wildman–Crippen MR) is 135 cm³/mol. The Morgan fingerprint density at radius 3 is 2.75 bits per heavy atom. The molecule has 166 valence electrons. The molecule has 1 amide bonds. The van der Waals surface area contributed by atoms with Crippen LogP contribution in [0.3, 0.4) is 0 Å². The maximum Gasteiger partial charge on any atom is 0.234 e. The van der Waals surface area contributed by atoms with E-state index in [0.717, 1.165) is 33.1 Å². The van der Waals surface area contributed by atoms with Crippen molar-refractivity contribution in [2.75, 3.05) is 11.1 Å². The molecule has 0 atom stereocenters. The summed E-state index contributed by atoms with van der Waals surface area (Å²) in [7, 11) is 0. The first-order valence-corrected chi connectivity index (χ1v) is 13.2. The van der Waals surface area contributed by atoms with Crippen LogP contribution in [0, 0.1) is 0 Å². The van der Waals surface area contributed by atoms with Crippen LogP contribution < -0.4 is 5.32 Å². The van der Waals surface area contributed by atoms with Gasteiger partial charge in [-0.05, 0) is 42.7 Å². The van der Waals surface area contributed by atoms with Crippen LogP contribution in [-0.2, 0) is 17.1 Å². The second-order valence-corrected chi connectivity index (χ2v) is 10.7. The Balaban J connectivity index is 1.35. The molecule has 4 rings (SSSR count). The Morgan fingerprint density at radius 1 is 1.12 bits per heavy atom. The number of rotatable bonds is 9. The normalized spacial score (nSPS) is 11.4. The third kappa shape index (κ3) is 5.51. The minimum atomic E-state index is -0.0491. The lowest BCUT2D eigenvalue weighted by atomic mass is 10.0. The number of nitrogens with one attached hydrogen (secondary N) is 1. The number of fused-ring (bicyclic) bond motifs is 1. The van der Waals surface area contributed by atoms with Crippen LogP contribution in [-0.4, -0.2) is 31.4 Å². The second kappa shape index (κ2) is 10.5. The van der Waals surface area contributed by atoms with Crippen molar-refractivity contribution in [3.63, 3.8) is 0 Å². The van der Waals surface area contributed by atoms with Crippen LogP contribution in [0.5, 0.6) is 0 Å². The zero-order valence-corrected chi connectivity index (χ0v) is 20.7. The molecule has 0 saturated carbocycles. The number of thioether (sulfide) groups is 2. The lowest BCUT2D eigenvalue weighted by molar-refractivity contribution is -0.113. The maximum atomic E-state index is 12.5. The largest absolute Gasteiger partial charge is 0.325 e. The van der Waals surface area contributed by atoms with Crippen molar-refractivity contribution in [1.29, 1.82) is 0 Å². The van der Waals surface area contributed by atoms with E-state index in [1.54, 1.807) is 23.1 Å². The fraction of sp³-hybridized carbons (Fsp3) is 0.304. The third-order valence-electron chi connectivity index (χ3n) is 4.88. The number of nitrogens with zero attached hydrogens (tertiary/aromatic N) is 4. The molecule has 32 heavy (non-hydrogen) atoms. The first-order chi connectivity index (χ1) is 15.5. The molecule has 0 aliphatic heterocycles. The molecule has 0 aliphatic rings. The van der Waals surface area contributed by atoms with Gasteiger partial charge in [0, 0.05) is 12.2 Å². The van der Waals surface area contributed by atoms with Crippen LogP contribution in [0.2, 0.25) is 0 Å². The van der Waals surface area contributed by atoms with Crippen molar-refractivity contribution in [1.82, 2.24) is 19.7 Å². The molecule has 0 unspecified atom stereocenters. The van der Waals surface area contributed by atoms with E-state index in [0.29, 0.717) is 11.7 Å². The number of carbonyl (C=O) groups excluding carboxylic acids is 1. The SMILES string of the molecule is CCn1c(CSc2nc3ccccc3s2)nnc1SCC(=O)Nc1cccc(C(C)C)c1. The summed E-state index contributed by atoms with van der Waals surface area (Å²) in [5.41, 5.74) is 3.06. The van der Waals surface area contributed by atoms with E-state index in [4.69, 9.17) is 0 Å². The second-order valence-electron chi connectivity index (χ2n) is 7.50. The summed E-state index contributed by atoms with van der Waals surface area (Å²) < 4.78 is 4.28. The molecule has 2 aromatic heterocycles. The van der Waals surface area contributed by atoms with Gasteiger partial charge < -0.3 is 9.88 Å². The third-order valence-corrected chi connectivity index (χ3v) is 8.02. The fourth-order valence-electron chi connectivity index (χ4n) is 3.19. The number of aromatic nitrogens is 4. The Bertz CT molecular complexity index is 1180. The zero-order valence-electron chi connectivity index (χ0n) is 18.2. The lowest BCUT2D eigenvalue weighted by Crippen LogP contribution is -2.15. The quantitative estimate of drug-likeness (QED) is 0.292. The van der Waals surface area contributed by atoms with Gasteiger partial charge in [-0.25, -0.2) is 4.98 Å². The van der Waals surface area contributed by atoms with Crippen molar-refractivity contribution >= 4 is 56.7 Å². The number of anilines is 1. The van der Waals surface area contributed by atoms with Gasteiger partial charge in [-0.15, -0.1) is 21.5 Å². The standard InChI is InChI=1S/C23H25N5OS3/c1-4-28-20(13-31-23-25-18-10-5-6-11-19(18)32-23)26-27-22(28)30-14-21(29)24-17-9-7-8-16(12-17)15(2)3/h5-12,15H,4,13-14H2,1-3H3,(H,24,29). The molecule has 2 aromatic carbocycles. The van der Waals surface area contributed by atoms with E-state index >= 15 is 0 Å². The summed E-state index contributed by atoms with van der Waals surface area (Å²) in [6.45, 7) is 7.10. The lowest BCUT2D eigenvalue weighted by Gasteiger charge is -2.10. The number of hydrogen-bond donors (Lipinski definition) is 1. The monoisotopic (exact) mass is 483 g/mol. The molecule has 2 heterocycles. The van der Waals surface area contributed by atoms with Gasteiger partial charge in [0.2, 0.25) is 5.91 Å². The first-order valence-electron chi connectivity index (χ1n) is 10.5. The molecule has 0 saturated heterocycles. The Hall–Kier alpha value is -2.36.